The minimum Gasteiger partial charge on any atom is -0.497 e. The summed E-state index contributed by atoms with van der Waals surface area (Å²) in [5, 5.41) is 1.17. The molecular weight excluding hydrogens is 200 g/mol. The zero-order chi connectivity index (χ0) is 11.5. The number of methoxy groups -OCH3 is 1. The Labute approximate surface area is 95.2 Å². The third-order valence-electron chi connectivity index (χ3n) is 2.68. The number of hydrogen-bond donors (Lipinski definition) is 1. The van der Waals surface area contributed by atoms with E-state index in [0.717, 1.165) is 23.4 Å². The fourth-order valence-corrected chi connectivity index (χ4v) is 1.85. The highest BCUT2D eigenvalue weighted by molar-refractivity contribution is 5.83. The molecule has 1 aromatic carbocycles. The first kappa shape index (κ1) is 10.9. The molecule has 3 nitrogen and oxygen atoms in total. The zero-order valence-electron chi connectivity index (χ0n) is 9.66. The van der Waals surface area contributed by atoms with Crippen LogP contribution >= 0.6 is 0 Å². The molecule has 3 heteroatoms. The van der Waals surface area contributed by atoms with Crippen molar-refractivity contribution in [1.29, 1.82) is 0 Å². The fourth-order valence-electron chi connectivity index (χ4n) is 1.85. The molecule has 2 rings (SSSR count). The van der Waals surface area contributed by atoms with Crippen LogP contribution in [0.25, 0.3) is 10.9 Å². The predicted octanol–water partition coefficient (Wildman–Crippen LogP) is 2.05. The maximum Gasteiger partial charge on any atom is 0.121 e. The first-order valence-corrected chi connectivity index (χ1v) is 5.39. The van der Waals surface area contributed by atoms with E-state index in [2.05, 4.69) is 18.0 Å². The molecule has 0 aliphatic carbocycles. The Balaban J connectivity index is 2.58. The van der Waals surface area contributed by atoms with Gasteiger partial charge in [0.2, 0.25) is 0 Å². The van der Waals surface area contributed by atoms with Crippen molar-refractivity contribution < 1.29 is 4.74 Å². The number of aromatic nitrogens is 1. The molecule has 0 atom stereocenters. The summed E-state index contributed by atoms with van der Waals surface area (Å²) in [5.74, 6) is 0.837. The largest absolute Gasteiger partial charge is 0.497 e. The minimum absolute atomic E-state index is 0.627. The van der Waals surface area contributed by atoms with Crippen molar-refractivity contribution in [2.24, 2.45) is 5.73 Å². The van der Waals surface area contributed by atoms with Gasteiger partial charge in [-0.3, -0.25) is 4.98 Å². The van der Waals surface area contributed by atoms with Crippen molar-refractivity contribution in [2.45, 2.75) is 13.3 Å². The first-order chi connectivity index (χ1) is 7.74. The maximum absolute atomic E-state index is 5.55. The molecule has 0 radical (unpaired) electrons. The quantitative estimate of drug-likeness (QED) is 0.854. The van der Waals surface area contributed by atoms with Gasteiger partial charge < -0.3 is 10.5 Å². The van der Waals surface area contributed by atoms with Crippen LogP contribution in [-0.4, -0.2) is 18.6 Å². The summed E-state index contributed by atoms with van der Waals surface area (Å²) in [6.45, 7) is 2.72. The lowest BCUT2D eigenvalue weighted by molar-refractivity contribution is 0.415. The fraction of sp³-hybridized carbons (Fsp3) is 0.308. The number of pyridine rings is 1. The summed E-state index contributed by atoms with van der Waals surface area (Å²) < 4.78 is 5.20. The van der Waals surface area contributed by atoms with Gasteiger partial charge in [-0.2, -0.15) is 0 Å². The number of fused-ring (bicyclic) bond motifs is 1. The molecule has 84 valence electrons. The molecule has 0 saturated carbocycles. The monoisotopic (exact) mass is 216 g/mol. The smallest absolute Gasteiger partial charge is 0.121 e. The van der Waals surface area contributed by atoms with E-state index in [1.807, 2.05) is 18.2 Å². The van der Waals surface area contributed by atoms with Crippen molar-refractivity contribution in [3.63, 3.8) is 0 Å². The van der Waals surface area contributed by atoms with Crippen LogP contribution in [0.5, 0.6) is 5.75 Å². The second kappa shape index (κ2) is 4.49. The number of hydrogen-bond acceptors (Lipinski definition) is 3. The summed E-state index contributed by atoms with van der Waals surface area (Å²) >= 11 is 0. The number of benzene rings is 1. The van der Waals surface area contributed by atoms with Crippen molar-refractivity contribution >= 4 is 10.9 Å². The average Bonchev–Trinajstić information content (AvgIpc) is 2.28. The van der Waals surface area contributed by atoms with Gasteiger partial charge in [-0.15, -0.1) is 0 Å². The lowest BCUT2D eigenvalue weighted by Crippen LogP contribution is -2.04. The minimum atomic E-state index is 0.627. The zero-order valence-corrected chi connectivity index (χ0v) is 9.66. The van der Waals surface area contributed by atoms with Crippen LogP contribution < -0.4 is 10.5 Å². The number of nitrogens with zero attached hydrogens (tertiary/aromatic N) is 1. The summed E-state index contributed by atoms with van der Waals surface area (Å²) in [5.41, 5.74) is 8.80. The molecule has 0 saturated heterocycles. The van der Waals surface area contributed by atoms with E-state index in [4.69, 9.17) is 10.5 Å². The highest BCUT2D eigenvalue weighted by atomic mass is 16.5. The maximum atomic E-state index is 5.55. The van der Waals surface area contributed by atoms with Crippen LogP contribution in [0.1, 0.15) is 11.3 Å². The van der Waals surface area contributed by atoms with Gasteiger partial charge in [-0.05, 0) is 37.2 Å². The summed E-state index contributed by atoms with van der Waals surface area (Å²) in [6.07, 6.45) is 0.813. The predicted molar refractivity (Wildman–Crippen MR) is 65.8 cm³/mol. The van der Waals surface area contributed by atoms with Crippen LogP contribution in [0.4, 0.5) is 0 Å². The van der Waals surface area contributed by atoms with Gasteiger partial charge in [0.1, 0.15) is 5.75 Å². The molecule has 0 fully saturated rings. The Bertz CT molecular complexity index is 509. The van der Waals surface area contributed by atoms with Crippen molar-refractivity contribution in [1.82, 2.24) is 4.98 Å². The molecule has 1 heterocycles. The summed E-state index contributed by atoms with van der Waals surface area (Å²) in [7, 11) is 1.66. The van der Waals surface area contributed by atoms with Crippen LogP contribution in [0, 0.1) is 6.92 Å². The van der Waals surface area contributed by atoms with Crippen LogP contribution in [0.15, 0.2) is 24.3 Å². The second-order valence-corrected chi connectivity index (χ2v) is 3.85. The third kappa shape index (κ3) is 1.99. The van der Waals surface area contributed by atoms with E-state index in [1.54, 1.807) is 7.11 Å². The van der Waals surface area contributed by atoms with Gasteiger partial charge >= 0.3 is 0 Å². The van der Waals surface area contributed by atoms with Crippen LogP contribution in [-0.2, 0) is 6.42 Å². The molecule has 0 spiro atoms. The van der Waals surface area contributed by atoms with E-state index >= 15 is 0 Å². The van der Waals surface area contributed by atoms with Gasteiger partial charge in [0.05, 0.1) is 12.6 Å². The van der Waals surface area contributed by atoms with Gasteiger partial charge in [-0.1, -0.05) is 0 Å². The SMILES string of the molecule is COc1ccc2c(C)cc(CCN)nc2c1. The highest BCUT2D eigenvalue weighted by Crippen LogP contribution is 2.22. The Kier molecular flexibility index (Phi) is 3.06. The highest BCUT2D eigenvalue weighted by Gasteiger charge is 2.03. The van der Waals surface area contributed by atoms with Crippen molar-refractivity contribution in [3.05, 3.63) is 35.5 Å². The third-order valence-corrected chi connectivity index (χ3v) is 2.68. The van der Waals surface area contributed by atoms with E-state index in [1.165, 1.54) is 10.9 Å². The molecular formula is C13H16N2O. The van der Waals surface area contributed by atoms with E-state index < -0.39 is 0 Å². The number of rotatable bonds is 3. The summed E-state index contributed by atoms with van der Waals surface area (Å²) in [4.78, 5) is 4.57. The molecule has 16 heavy (non-hydrogen) atoms. The Morgan fingerprint density at radius 3 is 2.81 bits per heavy atom. The Hall–Kier alpha value is -1.61. The van der Waals surface area contributed by atoms with Gasteiger partial charge in [0.25, 0.3) is 0 Å². The van der Waals surface area contributed by atoms with Gasteiger partial charge in [0.15, 0.2) is 0 Å². The lowest BCUT2D eigenvalue weighted by atomic mass is 10.1. The number of nitrogens with two attached hydrogens (primary N) is 1. The lowest BCUT2D eigenvalue weighted by Gasteiger charge is -2.07. The van der Waals surface area contributed by atoms with Gasteiger partial charge in [0, 0.05) is 23.6 Å². The average molecular weight is 216 g/mol. The Morgan fingerprint density at radius 1 is 1.31 bits per heavy atom. The number of ether oxygens (including phenoxy) is 1. The molecule has 0 aliphatic rings. The van der Waals surface area contributed by atoms with Crippen molar-refractivity contribution in [3.8, 4) is 5.75 Å². The molecule has 0 amide bonds. The molecule has 0 unspecified atom stereocenters. The standard InChI is InChI=1S/C13H16N2O/c1-9-7-10(5-6-14)15-13-8-11(16-2)3-4-12(9)13/h3-4,7-8H,5-6,14H2,1-2H3. The summed E-state index contributed by atoms with van der Waals surface area (Å²) in [6, 6.07) is 8.06. The topological polar surface area (TPSA) is 48.1 Å². The molecule has 2 aromatic rings. The normalized spacial score (nSPS) is 10.7. The first-order valence-electron chi connectivity index (χ1n) is 5.39. The van der Waals surface area contributed by atoms with E-state index in [-0.39, 0.29) is 0 Å². The van der Waals surface area contributed by atoms with Crippen LogP contribution in [0.2, 0.25) is 0 Å². The van der Waals surface area contributed by atoms with Crippen molar-refractivity contribution in [2.75, 3.05) is 13.7 Å². The van der Waals surface area contributed by atoms with Crippen LogP contribution in [0.3, 0.4) is 0 Å². The molecule has 0 bridgehead atoms. The second-order valence-electron chi connectivity index (χ2n) is 3.85. The van der Waals surface area contributed by atoms with E-state index in [9.17, 15) is 0 Å². The number of aryl methyl sites for hydroxylation is 1. The van der Waals surface area contributed by atoms with E-state index in [0.29, 0.717) is 6.54 Å². The molecule has 2 N–H and O–H groups in total. The molecule has 0 aliphatic heterocycles. The van der Waals surface area contributed by atoms with Gasteiger partial charge in [-0.25, -0.2) is 0 Å². The Morgan fingerprint density at radius 2 is 2.12 bits per heavy atom. The molecule has 1 aromatic heterocycles.